The average Bonchev–Trinajstić information content (AvgIpc) is 2.47. The predicted octanol–water partition coefficient (Wildman–Crippen LogP) is 1.22. The van der Waals surface area contributed by atoms with Gasteiger partial charge in [-0.05, 0) is 26.0 Å². The predicted molar refractivity (Wildman–Crippen MR) is 77.7 cm³/mol. The fourth-order valence-corrected chi connectivity index (χ4v) is 2.59. The van der Waals surface area contributed by atoms with Crippen molar-refractivity contribution < 1.29 is 19.0 Å². The number of halogens is 1. The number of amides is 1. The van der Waals surface area contributed by atoms with Gasteiger partial charge in [0.05, 0.1) is 19.3 Å². The number of morpholine rings is 1. The third-order valence-corrected chi connectivity index (χ3v) is 3.54. The lowest BCUT2D eigenvalue weighted by Gasteiger charge is -2.37. The summed E-state index contributed by atoms with van der Waals surface area (Å²) in [7, 11) is 0. The van der Waals surface area contributed by atoms with Crippen molar-refractivity contribution >= 4 is 11.6 Å². The molecule has 0 saturated carbocycles. The van der Waals surface area contributed by atoms with E-state index in [1.54, 1.807) is 17.0 Å². The van der Waals surface area contributed by atoms with Gasteiger partial charge in [0.1, 0.15) is 11.9 Å². The summed E-state index contributed by atoms with van der Waals surface area (Å²) in [4.78, 5) is 14.0. The van der Waals surface area contributed by atoms with Crippen molar-refractivity contribution in [1.82, 2.24) is 5.32 Å². The third kappa shape index (κ3) is 3.33. The lowest BCUT2D eigenvalue weighted by molar-refractivity contribution is -0.124. The molecule has 1 fully saturated rings. The number of likely N-dealkylation sites (N-methyl/N-ethyl adjacent to an activating group) is 1. The first-order valence-electron chi connectivity index (χ1n) is 7.14. The Bertz CT molecular complexity index is 508. The highest BCUT2D eigenvalue weighted by atomic mass is 19.1. The topological polar surface area (TPSA) is 61.8 Å². The Hall–Kier alpha value is -1.66. The second-order valence-electron chi connectivity index (χ2n) is 5.03. The van der Waals surface area contributed by atoms with E-state index in [2.05, 4.69) is 5.32 Å². The Morgan fingerprint density at radius 1 is 1.62 bits per heavy atom. The summed E-state index contributed by atoms with van der Waals surface area (Å²) < 4.78 is 19.4. The van der Waals surface area contributed by atoms with E-state index in [4.69, 9.17) is 4.74 Å². The maximum Gasteiger partial charge on any atom is 0.245 e. The smallest absolute Gasteiger partial charge is 0.245 e. The second-order valence-corrected chi connectivity index (χ2v) is 5.03. The van der Waals surface area contributed by atoms with E-state index in [9.17, 15) is 14.3 Å². The largest absolute Gasteiger partial charge is 0.389 e. The van der Waals surface area contributed by atoms with E-state index < -0.39 is 18.0 Å². The van der Waals surface area contributed by atoms with Gasteiger partial charge in [-0.25, -0.2) is 4.39 Å². The number of carbonyl (C=O) groups excluding carboxylic acids is 1. The number of hydrogen-bond donors (Lipinski definition) is 2. The molecule has 1 amide bonds. The fraction of sp³-hybridized carbons (Fsp3) is 0.533. The summed E-state index contributed by atoms with van der Waals surface area (Å²) in [6.07, 6.45) is -0.945. The van der Waals surface area contributed by atoms with Crippen LogP contribution in [0.1, 0.15) is 25.5 Å². The van der Waals surface area contributed by atoms with Crippen LogP contribution in [-0.4, -0.2) is 43.4 Å². The molecule has 0 aliphatic carbocycles. The summed E-state index contributed by atoms with van der Waals surface area (Å²) in [5.74, 6) is -0.623. The first-order chi connectivity index (χ1) is 10.1. The molecule has 1 aromatic rings. The highest BCUT2D eigenvalue weighted by Gasteiger charge is 2.31. The molecule has 6 heteroatoms. The molecule has 1 heterocycles. The summed E-state index contributed by atoms with van der Waals surface area (Å²) in [6.45, 7) is 5.08. The van der Waals surface area contributed by atoms with Gasteiger partial charge in [0.25, 0.3) is 0 Å². The van der Waals surface area contributed by atoms with Gasteiger partial charge in [0, 0.05) is 24.3 Å². The minimum atomic E-state index is -0.945. The average molecular weight is 296 g/mol. The van der Waals surface area contributed by atoms with Crippen molar-refractivity contribution in [2.75, 3.05) is 31.2 Å². The van der Waals surface area contributed by atoms with Gasteiger partial charge in [-0.1, -0.05) is 6.07 Å². The van der Waals surface area contributed by atoms with Crippen LogP contribution in [0.25, 0.3) is 0 Å². The molecule has 1 aliphatic heterocycles. The number of benzene rings is 1. The SMILES string of the molecule is CCNC(=O)C1COCCN1c1cccc(F)c1[C@H](C)O. The molecule has 1 aromatic carbocycles. The molecule has 5 nitrogen and oxygen atoms in total. The normalized spacial score (nSPS) is 20.2. The van der Waals surface area contributed by atoms with E-state index in [-0.39, 0.29) is 18.1 Å². The highest BCUT2D eigenvalue weighted by Crippen LogP contribution is 2.31. The Labute approximate surface area is 123 Å². The van der Waals surface area contributed by atoms with Gasteiger partial charge >= 0.3 is 0 Å². The van der Waals surface area contributed by atoms with Crippen molar-refractivity contribution in [1.29, 1.82) is 0 Å². The molecule has 0 bridgehead atoms. The highest BCUT2D eigenvalue weighted by molar-refractivity contribution is 5.86. The Kier molecular flexibility index (Phi) is 5.14. The molecule has 0 aromatic heterocycles. The second kappa shape index (κ2) is 6.87. The molecule has 1 aliphatic rings. The molecule has 1 saturated heterocycles. The van der Waals surface area contributed by atoms with E-state index >= 15 is 0 Å². The van der Waals surface area contributed by atoms with Crippen LogP contribution in [0.3, 0.4) is 0 Å². The first-order valence-corrected chi connectivity index (χ1v) is 7.14. The van der Waals surface area contributed by atoms with Crippen molar-refractivity contribution in [3.63, 3.8) is 0 Å². The van der Waals surface area contributed by atoms with Crippen LogP contribution in [0, 0.1) is 5.82 Å². The quantitative estimate of drug-likeness (QED) is 0.877. The van der Waals surface area contributed by atoms with Crippen molar-refractivity contribution in [3.8, 4) is 0 Å². The lowest BCUT2D eigenvalue weighted by atomic mass is 10.0. The number of rotatable bonds is 4. The van der Waals surface area contributed by atoms with Crippen LogP contribution in [0.4, 0.5) is 10.1 Å². The summed E-state index contributed by atoms with van der Waals surface area (Å²) in [6, 6.07) is 4.11. The molecule has 2 atom stereocenters. The van der Waals surface area contributed by atoms with Gasteiger partial charge in [-0.3, -0.25) is 4.79 Å². The van der Waals surface area contributed by atoms with Crippen LogP contribution in [-0.2, 0) is 9.53 Å². The van der Waals surface area contributed by atoms with E-state index in [1.165, 1.54) is 13.0 Å². The maximum atomic E-state index is 14.0. The number of anilines is 1. The van der Waals surface area contributed by atoms with Gasteiger partial charge in [-0.15, -0.1) is 0 Å². The zero-order valence-electron chi connectivity index (χ0n) is 12.3. The number of nitrogens with one attached hydrogen (secondary N) is 1. The first kappa shape index (κ1) is 15.7. The molecule has 21 heavy (non-hydrogen) atoms. The molecule has 116 valence electrons. The molecule has 2 N–H and O–H groups in total. The minimum absolute atomic E-state index is 0.155. The Morgan fingerprint density at radius 2 is 2.38 bits per heavy atom. The standard InChI is InChI=1S/C15H21FN2O3/c1-3-17-15(20)13-9-21-8-7-18(13)12-6-4-5-11(16)14(12)10(2)19/h4-6,10,13,19H,3,7-9H2,1-2H3,(H,17,20)/t10-,13?/m0/s1. The fourth-order valence-electron chi connectivity index (χ4n) is 2.59. The van der Waals surface area contributed by atoms with Crippen molar-refractivity contribution in [3.05, 3.63) is 29.6 Å². The number of hydrogen-bond acceptors (Lipinski definition) is 4. The van der Waals surface area contributed by atoms with Crippen LogP contribution >= 0.6 is 0 Å². The van der Waals surface area contributed by atoms with Crippen LogP contribution in [0.2, 0.25) is 0 Å². The number of ether oxygens (including phenoxy) is 1. The van der Waals surface area contributed by atoms with E-state index in [1.807, 2.05) is 6.92 Å². The maximum absolute atomic E-state index is 14.0. The van der Waals surface area contributed by atoms with Crippen molar-refractivity contribution in [2.24, 2.45) is 0 Å². The van der Waals surface area contributed by atoms with Crippen molar-refractivity contribution in [2.45, 2.75) is 26.0 Å². The molecular weight excluding hydrogens is 275 g/mol. The van der Waals surface area contributed by atoms with Gasteiger partial charge < -0.3 is 20.1 Å². The van der Waals surface area contributed by atoms with E-state index in [0.717, 1.165) is 0 Å². The lowest BCUT2D eigenvalue weighted by Crippen LogP contribution is -2.54. The summed E-state index contributed by atoms with van der Waals surface area (Å²) >= 11 is 0. The molecule has 0 spiro atoms. The van der Waals surface area contributed by atoms with Gasteiger partial charge in [-0.2, -0.15) is 0 Å². The van der Waals surface area contributed by atoms with Gasteiger partial charge in [0.2, 0.25) is 5.91 Å². The minimum Gasteiger partial charge on any atom is -0.389 e. The third-order valence-electron chi connectivity index (χ3n) is 3.54. The molecule has 2 rings (SSSR count). The molecule has 0 radical (unpaired) electrons. The van der Waals surface area contributed by atoms with Gasteiger partial charge in [0.15, 0.2) is 0 Å². The zero-order chi connectivity index (χ0) is 15.4. The Morgan fingerprint density at radius 3 is 3.05 bits per heavy atom. The number of aliphatic hydroxyl groups is 1. The van der Waals surface area contributed by atoms with E-state index in [0.29, 0.717) is 25.4 Å². The number of carbonyl (C=O) groups is 1. The number of aliphatic hydroxyl groups excluding tert-OH is 1. The van der Waals surface area contributed by atoms with Crippen LogP contribution in [0.5, 0.6) is 0 Å². The summed E-state index contributed by atoms with van der Waals surface area (Å²) in [5, 5.41) is 12.6. The monoisotopic (exact) mass is 296 g/mol. The summed E-state index contributed by atoms with van der Waals surface area (Å²) in [5.41, 5.74) is 0.762. The van der Waals surface area contributed by atoms with Crippen LogP contribution < -0.4 is 10.2 Å². The zero-order valence-corrected chi connectivity index (χ0v) is 12.3. The molecule has 1 unspecified atom stereocenters. The Balaban J connectivity index is 2.38. The number of nitrogens with zero attached hydrogens (tertiary/aromatic N) is 1. The molecular formula is C15H21FN2O3. The van der Waals surface area contributed by atoms with Crippen LogP contribution in [0.15, 0.2) is 18.2 Å².